The van der Waals surface area contributed by atoms with E-state index in [-0.39, 0.29) is 18.7 Å². The third kappa shape index (κ3) is 5.28. The largest absolute Gasteiger partial charge is 0.480 e. The Kier molecular flexibility index (Phi) is 7.84. The van der Waals surface area contributed by atoms with Crippen LogP contribution in [0.5, 0.6) is 0 Å². The van der Waals surface area contributed by atoms with Gasteiger partial charge in [-0.3, -0.25) is 9.36 Å². The highest BCUT2D eigenvalue weighted by atomic mass is 31.2. The molecule has 0 spiro atoms. The third-order valence-corrected chi connectivity index (χ3v) is 3.04. The minimum absolute atomic E-state index is 0. The number of carboxylic acid groups (broad SMARTS) is 1. The first kappa shape index (κ1) is 15.9. The molecule has 0 heterocycles. The maximum Gasteiger partial charge on any atom is 0.357 e. The van der Waals surface area contributed by atoms with Crippen LogP contribution >= 0.6 is 7.60 Å². The first-order chi connectivity index (χ1) is 5.95. The standard InChI is InChI=1S/C5H12NO6P.H3N/c1-11-13(10,12-9)3-2-4(6)5(7)8;/h4,9H,2-3,6H2,1H3,(H,7,8);1H3/t4-,13?;/m0./s1. The van der Waals surface area contributed by atoms with Crippen LogP contribution in [0.3, 0.4) is 0 Å². The lowest BCUT2D eigenvalue weighted by Gasteiger charge is -2.12. The molecular formula is C5H15N2O6P. The molecule has 7 N–H and O–H groups in total. The number of hydrogen-bond acceptors (Lipinski definition) is 7. The number of nitrogens with two attached hydrogens (primary N) is 1. The van der Waals surface area contributed by atoms with Crippen molar-refractivity contribution in [2.75, 3.05) is 13.3 Å². The molecule has 0 aromatic rings. The Bertz CT molecular complexity index is 214. The summed E-state index contributed by atoms with van der Waals surface area (Å²) in [6.07, 6.45) is -0.339. The molecule has 0 rings (SSSR count). The second-order valence-corrected chi connectivity index (χ2v) is 4.53. The number of carboxylic acids is 1. The highest BCUT2D eigenvalue weighted by Crippen LogP contribution is 2.46. The predicted octanol–water partition coefficient (Wildman–Crippen LogP) is 0.280. The van der Waals surface area contributed by atoms with Gasteiger partial charge in [-0.15, -0.1) is 0 Å². The van der Waals surface area contributed by atoms with Crippen molar-refractivity contribution in [3.8, 4) is 0 Å². The van der Waals surface area contributed by atoms with Gasteiger partial charge in [0.15, 0.2) is 0 Å². The smallest absolute Gasteiger partial charge is 0.357 e. The van der Waals surface area contributed by atoms with E-state index in [1.54, 1.807) is 0 Å². The fourth-order valence-corrected chi connectivity index (χ4v) is 1.51. The normalized spacial score (nSPS) is 16.5. The summed E-state index contributed by atoms with van der Waals surface area (Å²) in [5.74, 6) is -1.21. The van der Waals surface area contributed by atoms with Crippen LogP contribution in [0.4, 0.5) is 0 Å². The van der Waals surface area contributed by atoms with Gasteiger partial charge in [-0.1, -0.05) is 0 Å². The van der Waals surface area contributed by atoms with Gasteiger partial charge in [0.05, 0.1) is 6.16 Å². The van der Waals surface area contributed by atoms with E-state index >= 15 is 0 Å². The fraction of sp³-hybridized carbons (Fsp3) is 0.800. The van der Waals surface area contributed by atoms with Crippen LogP contribution in [0.25, 0.3) is 0 Å². The third-order valence-electron chi connectivity index (χ3n) is 1.43. The van der Waals surface area contributed by atoms with E-state index in [0.717, 1.165) is 7.11 Å². The van der Waals surface area contributed by atoms with Crippen molar-refractivity contribution in [2.45, 2.75) is 12.5 Å². The summed E-state index contributed by atoms with van der Waals surface area (Å²) in [5, 5.41) is 16.5. The number of aliphatic carboxylic acids is 1. The maximum atomic E-state index is 11.1. The molecule has 0 radical (unpaired) electrons. The molecule has 2 atom stereocenters. The molecule has 14 heavy (non-hydrogen) atoms. The highest BCUT2D eigenvalue weighted by molar-refractivity contribution is 7.53. The number of rotatable bonds is 6. The molecule has 0 saturated heterocycles. The van der Waals surface area contributed by atoms with Gasteiger partial charge in [0, 0.05) is 7.11 Å². The van der Waals surface area contributed by atoms with Gasteiger partial charge in [-0.2, -0.15) is 4.67 Å². The molecule has 86 valence electrons. The molecule has 0 bridgehead atoms. The Hall–Kier alpha value is -0.500. The second kappa shape index (κ2) is 6.88. The average molecular weight is 230 g/mol. The molecular weight excluding hydrogens is 215 g/mol. The summed E-state index contributed by atoms with van der Waals surface area (Å²) in [7, 11) is -2.48. The second-order valence-electron chi connectivity index (χ2n) is 2.33. The molecule has 0 saturated carbocycles. The van der Waals surface area contributed by atoms with Crippen molar-refractivity contribution in [1.82, 2.24) is 6.15 Å². The summed E-state index contributed by atoms with van der Waals surface area (Å²) in [6, 6.07) is -1.14. The lowest BCUT2D eigenvalue weighted by molar-refractivity contribution is -0.147. The van der Waals surface area contributed by atoms with E-state index in [0.29, 0.717) is 0 Å². The summed E-state index contributed by atoms with van der Waals surface area (Å²) in [5.41, 5.74) is 5.12. The van der Waals surface area contributed by atoms with Gasteiger partial charge in [0.25, 0.3) is 0 Å². The van der Waals surface area contributed by atoms with Crippen LogP contribution in [0.1, 0.15) is 6.42 Å². The molecule has 0 fully saturated rings. The van der Waals surface area contributed by atoms with Crippen LogP contribution in [0.2, 0.25) is 0 Å². The molecule has 0 aliphatic rings. The van der Waals surface area contributed by atoms with Crippen LogP contribution in [-0.2, 0) is 18.6 Å². The van der Waals surface area contributed by atoms with Crippen molar-refractivity contribution >= 4 is 13.6 Å². The van der Waals surface area contributed by atoms with E-state index in [2.05, 4.69) is 9.20 Å². The van der Waals surface area contributed by atoms with Gasteiger partial charge >= 0.3 is 13.6 Å². The van der Waals surface area contributed by atoms with E-state index in [1.807, 2.05) is 0 Å². The van der Waals surface area contributed by atoms with Gasteiger partial charge in [-0.05, 0) is 6.42 Å². The molecule has 0 aromatic carbocycles. The van der Waals surface area contributed by atoms with Crippen molar-refractivity contribution in [3.05, 3.63) is 0 Å². The summed E-state index contributed by atoms with van der Waals surface area (Å²) in [4.78, 5) is 10.2. The zero-order valence-corrected chi connectivity index (χ0v) is 8.65. The quantitative estimate of drug-likeness (QED) is 0.288. The van der Waals surface area contributed by atoms with Crippen LogP contribution < -0.4 is 11.9 Å². The molecule has 0 aliphatic carbocycles. The summed E-state index contributed by atoms with van der Waals surface area (Å²) >= 11 is 0. The van der Waals surface area contributed by atoms with Gasteiger partial charge in [-0.25, -0.2) is 5.26 Å². The molecule has 0 amide bonds. The lowest BCUT2D eigenvalue weighted by atomic mass is 10.2. The Labute approximate surface area is 81.0 Å². The van der Waals surface area contributed by atoms with Crippen molar-refractivity contribution in [2.24, 2.45) is 5.73 Å². The molecule has 9 heteroatoms. The predicted molar refractivity (Wildman–Crippen MR) is 48.4 cm³/mol. The summed E-state index contributed by atoms with van der Waals surface area (Å²) in [6.45, 7) is 0. The van der Waals surface area contributed by atoms with Crippen LogP contribution in [0.15, 0.2) is 0 Å². The molecule has 0 aromatic heterocycles. The van der Waals surface area contributed by atoms with E-state index in [9.17, 15) is 9.36 Å². The molecule has 1 unspecified atom stereocenters. The fourth-order valence-electron chi connectivity index (χ4n) is 0.586. The van der Waals surface area contributed by atoms with E-state index < -0.39 is 19.6 Å². The first-order valence-electron chi connectivity index (χ1n) is 3.41. The minimum Gasteiger partial charge on any atom is -0.480 e. The zero-order valence-electron chi connectivity index (χ0n) is 7.75. The highest BCUT2D eigenvalue weighted by Gasteiger charge is 2.25. The van der Waals surface area contributed by atoms with Gasteiger partial charge < -0.3 is 21.5 Å². The van der Waals surface area contributed by atoms with Crippen LogP contribution in [0, 0.1) is 0 Å². The Morgan fingerprint density at radius 1 is 1.64 bits per heavy atom. The van der Waals surface area contributed by atoms with Crippen LogP contribution in [-0.4, -0.2) is 35.6 Å². The topological polar surface area (TPSA) is 154 Å². The number of carbonyl (C=O) groups is 1. The van der Waals surface area contributed by atoms with E-state index in [4.69, 9.17) is 16.1 Å². The molecule has 8 nitrogen and oxygen atoms in total. The maximum absolute atomic E-state index is 11.1. The van der Waals surface area contributed by atoms with Crippen molar-refractivity contribution < 1.29 is 28.9 Å². The van der Waals surface area contributed by atoms with Gasteiger partial charge in [0.1, 0.15) is 6.04 Å². The minimum atomic E-state index is -3.56. The Morgan fingerprint density at radius 2 is 2.14 bits per heavy atom. The molecule has 0 aliphatic heterocycles. The SMILES string of the molecule is COP(=O)(CC[C@H](N)C(=O)O)OO.N. The van der Waals surface area contributed by atoms with Crippen molar-refractivity contribution in [1.29, 1.82) is 0 Å². The van der Waals surface area contributed by atoms with Crippen molar-refractivity contribution in [3.63, 3.8) is 0 Å². The average Bonchev–Trinajstić information content (AvgIpc) is 2.13. The number of hydrogen-bond donors (Lipinski definition) is 4. The summed E-state index contributed by atoms with van der Waals surface area (Å²) < 4.78 is 19.1. The van der Waals surface area contributed by atoms with E-state index in [1.165, 1.54) is 0 Å². The Balaban J connectivity index is 0. The van der Waals surface area contributed by atoms with Gasteiger partial charge in [0.2, 0.25) is 0 Å². The Morgan fingerprint density at radius 3 is 2.43 bits per heavy atom. The first-order valence-corrected chi connectivity index (χ1v) is 5.14. The monoisotopic (exact) mass is 230 g/mol. The zero-order chi connectivity index (χ0) is 10.5. The lowest BCUT2D eigenvalue weighted by Crippen LogP contribution is -2.31.